The van der Waals surface area contributed by atoms with Crippen LogP contribution in [0.25, 0.3) is 0 Å². The molecule has 0 saturated carbocycles. The van der Waals surface area contributed by atoms with Crippen LogP contribution in [0.4, 0.5) is 10.5 Å². The Kier molecular flexibility index (Phi) is 5.63. The van der Waals surface area contributed by atoms with Crippen LogP contribution in [0, 0.1) is 0 Å². The van der Waals surface area contributed by atoms with E-state index in [4.69, 9.17) is 4.74 Å². The average Bonchev–Trinajstić information content (AvgIpc) is 2.87. The number of hydrogen-bond donors (Lipinski definition) is 2. The first-order valence-electron chi connectivity index (χ1n) is 9.18. The molecular weight excluding hydrogens is 358 g/mol. The first kappa shape index (κ1) is 19.4. The highest BCUT2D eigenvalue weighted by Crippen LogP contribution is 2.24. The minimum absolute atomic E-state index is 0.327. The fourth-order valence-electron chi connectivity index (χ4n) is 3.14. The summed E-state index contributed by atoms with van der Waals surface area (Å²) < 4.78 is 5.70. The van der Waals surface area contributed by atoms with Gasteiger partial charge in [0.1, 0.15) is 23.6 Å². The van der Waals surface area contributed by atoms with Gasteiger partial charge in [0.15, 0.2) is 0 Å². The summed E-state index contributed by atoms with van der Waals surface area (Å²) in [6.07, 6.45) is 1.28. The smallest absolute Gasteiger partial charge is 0.325 e. The zero-order valence-electron chi connectivity index (χ0n) is 15.9. The van der Waals surface area contributed by atoms with Crippen molar-refractivity contribution in [3.63, 3.8) is 0 Å². The van der Waals surface area contributed by atoms with Gasteiger partial charge in [-0.15, -0.1) is 0 Å². The van der Waals surface area contributed by atoms with Gasteiger partial charge in [-0.1, -0.05) is 31.5 Å². The van der Waals surface area contributed by atoms with Crippen molar-refractivity contribution >= 4 is 23.5 Å². The number of carbonyl (C=O) groups is 3. The quantitative estimate of drug-likeness (QED) is 0.718. The van der Waals surface area contributed by atoms with Gasteiger partial charge in [-0.2, -0.15) is 0 Å². The minimum atomic E-state index is -0.942. The fraction of sp³-hybridized carbons (Fsp3) is 0.286. The first-order chi connectivity index (χ1) is 13.4. The number of urea groups is 1. The summed E-state index contributed by atoms with van der Waals surface area (Å²) in [6, 6.07) is 15.7. The van der Waals surface area contributed by atoms with Gasteiger partial charge in [-0.05, 0) is 49.7 Å². The SMILES string of the molecule is CCC[C@@]1(C)NC(=O)N(CC(=O)Nc2ccc(Oc3ccccc3)cc2)C1=O. The van der Waals surface area contributed by atoms with Crippen molar-refractivity contribution in [3.05, 3.63) is 54.6 Å². The summed E-state index contributed by atoms with van der Waals surface area (Å²) in [5.74, 6) is 0.531. The predicted octanol–water partition coefficient (Wildman–Crippen LogP) is 3.53. The molecule has 7 heteroatoms. The van der Waals surface area contributed by atoms with E-state index in [1.165, 1.54) is 0 Å². The standard InChI is InChI=1S/C21H23N3O4/c1-3-13-21(2)19(26)24(20(27)23-21)14-18(25)22-15-9-11-17(12-10-15)28-16-7-5-4-6-8-16/h4-12H,3,13-14H2,1-2H3,(H,22,25)(H,23,27)/t21-/m1/s1. The van der Waals surface area contributed by atoms with E-state index in [2.05, 4.69) is 10.6 Å². The van der Waals surface area contributed by atoms with Gasteiger partial charge >= 0.3 is 6.03 Å². The third kappa shape index (κ3) is 4.31. The maximum Gasteiger partial charge on any atom is 0.325 e. The number of ether oxygens (including phenoxy) is 1. The van der Waals surface area contributed by atoms with Gasteiger partial charge < -0.3 is 15.4 Å². The van der Waals surface area contributed by atoms with Crippen molar-refractivity contribution in [2.75, 3.05) is 11.9 Å². The molecule has 28 heavy (non-hydrogen) atoms. The van der Waals surface area contributed by atoms with Gasteiger partial charge in [0.05, 0.1) is 0 Å². The van der Waals surface area contributed by atoms with Crippen LogP contribution in [0.3, 0.4) is 0 Å². The molecule has 4 amide bonds. The van der Waals surface area contributed by atoms with Crippen molar-refractivity contribution in [2.45, 2.75) is 32.2 Å². The van der Waals surface area contributed by atoms with E-state index in [9.17, 15) is 14.4 Å². The highest BCUT2D eigenvalue weighted by molar-refractivity contribution is 6.09. The van der Waals surface area contributed by atoms with Crippen molar-refractivity contribution in [3.8, 4) is 11.5 Å². The van der Waals surface area contributed by atoms with Crippen molar-refractivity contribution < 1.29 is 19.1 Å². The molecule has 1 aliphatic rings. The second kappa shape index (κ2) is 8.12. The maximum atomic E-state index is 12.5. The Morgan fingerprint density at radius 2 is 1.71 bits per heavy atom. The lowest BCUT2D eigenvalue weighted by atomic mass is 9.96. The molecule has 0 bridgehead atoms. The number of para-hydroxylation sites is 1. The molecule has 0 unspecified atom stereocenters. The third-order valence-electron chi connectivity index (χ3n) is 4.51. The first-order valence-corrected chi connectivity index (χ1v) is 9.18. The number of imide groups is 1. The zero-order valence-corrected chi connectivity index (χ0v) is 15.9. The molecule has 1 heterocycles. The third-order valence-corrected chi connectivity index (χ3v) is 4.51. The van der Waals surface area contributed by atoms with Crippen LogP contribution in [0.2, 0.25) is 0 Å². The average molecular weight is 381 g/mol. The lowest BCUT2D eigenvalue weighted by Crippen LogP contribution is -2.44. The van der Waals surface area contributed by atoms with Gasteiger partial charge in [-0.3, -0.25) is 14.5 Å². The molecule has 0 aromatic heterocycles. The number of nitrogens with one attached hydrogen (secondary N) is 2. The molecule has 1 saturated heterocycles. The predicted molar refractivity (Wildman–Crippen MR) is 105 cm³/mol. The molecule has 1 aliphatic heterocycles. The van der Waals surface area contributed by atoms with E-state index in [0.717, 1.165) is 11.3 Å². The van der Waals surface area contributed by atoms with Crippen LogP contribution in [-0.2, 0) is 9.59 Å². The van der Waals surface area contributed by atoms with Crippen LogP contribution in [0.15, 0.2) is 54.6 Å². The number of nitrogens with zero attached hydrogens (tertiary/aromatic N) is 1. The van der Waals surface area contributed by atoms with E-state index in [1.807, 2.05) is 37.3 Å². The number of benzene rings is 2. The van der Waals surface area contributed by atoms with Crippen LogP contribution in [-0.4, -0.2) is 34.8 Å². The molecule has 2 aromatic carbocycles. The summed E-state index contributed by atoms with van der Waals surface area (Å²) in [7, 11) is 0. The number of rotatable bonds is 7. The van der Waals surface area contributed by atoms with Gasteiger partial charge in [0, 0.05) is 5.69 Å². The molecular formula is C21H23N3O4. The summed E-state index contributed by atoms with van der Waals surface area (Å²) >= 11 is 0. The largest absolute Gasteiger partial charge is 0.457 e. The van der Waals surface area contributed by atoms with Gasteiger partial charge in [0.25, 0.3) is 5.91 Å². The Labute approximate surface area is 163 Å². The van der Waals surface area contributed by atoms with Crippen LogP contribution in [0.1, 0.15) is 26.7 Å². The number of amides is 4. The van der Waals surface area contributed by atoms with E-state index in [0.29, 0.717) is 23.6 Å². The highest BCUT2D eigenvalue weighted by Gasteiger charge is 2.47. The Balaban J connectivity index is 1.58. The topological polar surface area (TPSA) is 87.7 Å². The fourth-order valence-corrected chi connectivity index (χ4v) is 3.14. The molecule has 7 nitrogen and oxygen atoms in total. The summed E-state index contributed by atoms with van der Waals surface area (Å²) in [4.78, 5) is 37.8. The Hall–Kier alpha value is -3.35. The number of anilines is 1. The molecule has 1 atom stereocenters. The van der Waals surface area contributed by atoms with E-state index in [1.54, 1.807) is 31.2 Å². The van der Waals surface area contributed by atoms with Crippen molar-refractivity contribution in [1.82, 2.24) is 10.2 Å². The van der Waals surface area contributed by atoms with Crippen LogP contribution in [0.5, 0.6) is 11.5 Å². The summed E-state index contributed by atoms with van der Waals surface area (Å²) in [5.41, 5.74) is -0.392. The minimum Gasteiger partial charge on any atom is -0.457 e. The Bertz CT molecular complexity index is 867. The summed E-state index contributed by atoms with van der Waals surface area (Å²) in [6.45, 7) is 3.29. The number of carbonyl (C=O) groups excluding carboxylic acids is 3. The molecule has 3 rings (SSSR count). The Morgan fingerprint density at radius 3 is 2.36 bits per heavy atom. The summed E-state index contributed by atoms with van der Waals surface area (Å²) in [5, 5.41) is 5.36. The lowest BCUT2D eigenvalue weighted by Gasteiger charge is -2.20. The molecule has 146 valence electrons. The second-order valence-corrected chi connectivity index (χ2v) is 6.89. The molecule has 2 aromatic rings. The van der Waals surface area contributed by atoms with E-state index >= 15 is 0 Å². The van der Waals surface area contributed by atoms with Gasteiger partial charge in [-0.25, -0.2) is 4.79 Å². The molecule has 0 aliphatic carbocycles. The second-order valence-electron chi connectivity index (χ2n) is 6.89. The highest BCUT2D eigenvalue weighted by atomic mass is 16.5. The van der Waals surface area contributed by atoms with Crippen LogP contribution >= 0.6 is 0 Å². The molecule has 0 radical (unpaired) electrons. The molecule has 0 spiro atoms. The number of hydrogen-bond acceptors (Lipinski definition) is 4. The lowest BCUT2D eigenvalue weighted by molar-refractivity contribution is -0.133. The van der Waals surface area contributed by atoms with Crippen molar-refractivity contribution in [1.29, 1.82) is 0 Å². The molecule has 1 fully saturated rings. The van der Waals surface area contributed by atoms with Gasteiger partial charge in [0.2, 0.25) is 5.91 Å². The normalized spacial score (nSPS) is 18.7. The molecule has 2 N–H and O–H groups in total. The van der Waals surface area contributed by atoms with Crippen molar-refractivity contribution in [2.24, 2.45) is 0 Å². The Morgan fingerprint density at radius 1 is 1.07 bits per heavy atom. The van der Waals surface area contributed by atoms with Crippen LogP contribution < -0.4 is 15.4 Å². The van der Waals surface area contributed by atoms with E-state index < -0.39 is 17.5 Å². The monoisotopic (exact) mass is 381 g/mol. The maximum absolute atomic E-state index is 12.5. The van der Waals surface area contributed by atoms with E-state index in [-0.39, 0.29) is 12.5 Å². The zero-order chi connectivity index (χ0) is 20.1.